The second kappa shape index (κ2) is 8.45. The van der Waals surface area contributed by atoms with Gasteiger partial charge < -0.3 is 4.74 Å². The highest BCUT2D eigenvalue weighted by Gasteiger charge is 2.20. The van der Waals surface area contributed by atoms with Crippen molar-refractivity contribution < 1.29 is 9.53 Å². The third-order valence-corrected chi connectivity index (χ3v) is 5.82. The Hall–Kier alpha value is -3.18. The van der Waals surface area contributed by atoms with Crippen LogP contribution in [0.5, 0.6) is 5.75 Å². The van der Waals surface area contributed by atoms with E-state index in [0.29, 0.717) is 18.1 Å². The van der Waals surface area contributed by atoms with Gasteiger partial charge in [-0.2, -0.15) is 0 Å². The van der Waals surface area contributed by atoms with Crippen molar-refractivity contribution in [2.24, 2.45) is 0 Å². The van der Waals surface area contributed by atoms with E-state index in [1.807, 2.05) is 79.7 Å². The van der Waals surface area contributed by atoms with Gasteiger partial charge in [-0.3, -0.25) is 9.69 Å². The van der Waals surface area contributed by atoms with Crippen molar-refractivity contribution in [2.75, 3.05) is 12.0 Å². The molecule has 1 heterocycles. The van der Waals surface area contributed by atoms with E-state index in [4.69, 9.17) is 9.72 Å². The van der Waals surface area contributed by atoms with Crippen molar-refractivity contribution in [2.45, 2.75) is 19.9 Å². The molecule has 0 radical (unpaired) electrons. The summed E-state index contributed by atoms with van der Waals surface area (Å²) >= 11 is 1.51. The minimum absolute atomic E-state index is 0.0312. The monoisotopic (exact) mass is 402 g/mol. The lowest BCUT2D eigenvalue weighted by molar-refractivity contribution is -0.118. The standard InChI is InChI=1S/C24H22N2O2S/c1-17-8-10-18(11-9-17)14-23(27)26(16-19-6-4-3-5-7-19)24-25-21-13-12-20(28-2)15-22(21)29-24/h3-13,15H,14,16H2,1-2H3. The van der Waals surface area contributed by atoms with Crippen LogP contribution in [0, 0.1) is 6.92 Å². The van der Waals surface area contributed by atoms with E-state index in [1.165, 1.54) is 16.9 Å². The van der Waals surface area contributed by atoms with Crippen LogP contribution in [0.1, 0.15) is 16.7 Å². The molecule has 0 saturated carbocycles. The number of rotatable bonds is 6. The lowest BCUT2D eigenvalue weighted by Gasteiger charge is -2.20. The molecular weight excluding hydrogens is 380 g/mol. The molecule has 0 fully saturated rings. The number of carbonyl (C=O) groups is 1. The van der Waals surface area contributed by atoms with Crippen molar-refractivity contribution in [3.8, 4) is 5.75 Å². The molecular formula is C24H22N2O2S. The quantitative estimate of drug-likeness (QED) is 0.434. The second-order valence-corrected chi connectivity index (χ2v) is 7.97. The molecule has 5 heteroatoms. The van der Waals surface area contributed by atoms with Gasteiger partial charge >= 0.3 is 0 Å². The van der Waals surface area contributed by atoms with E-state index >= 15 is 0 Å². The minimum atomic E-state index is 0.0312. The van der Waals surface area contributed by atoms with Gasteiger partial charge in [0.05, 0.1) is 30.3 Å². The molecule has 0 aliphatic carbocycles. The first-order chi connectivity index (χ1) is 14.1. The molecule has 0 saturated heterocycles. The Morgan fingerprint density at radius 1 is 1.00 bits per heavy atom. The molecule has 1 aromatic heterocycles. The van der Waals surface area contributed by atoms with Crippen LogP contribution in [-0.4, -0.2) is 18.0 Å². The summed E-state index contributed by atoms with van der Waals surface area (Å²) in [6.07, 6.45) is 0.340. The third kappa shape index (κ3) is 4.46. The summed E-state index contributed by atoms with van der Waals surface area (Å²) in [4.78, 5) is 19.8. The fourth-order valence-electron chi connectivity index (χ4n) is 3.14. The van der Waals surface area contributed by atoms with Crippen LogP contribution >= 0.6 is 11.3 Å². The maximum absolute atomic E-state index is 13.3. The molecule has 0 spiro atoms. The Kier molecular flexibility index (Phi) is 5.58. The number of thiazole rings is 1. The highest BCUT2D eigenvalue weighted by Crippen LogP contribution is 2.32. The number of aromatic nitrogens is 1. The van der Waals surface area contributed by atoms with Gasteiger partial charge in [0.1, 0.15) is 5.75 Å². The summed E-state index contributed by atoms with van der Waals surface area (Å²) in [7, 11) is 1.65. The van der Waals surface area contributed by atoms with Crippen LogP contribution in [0.4, 0.5) is 5.13 Å². The number of carbonyl (C=O) groups excluding carboxylic acids is 1. The highest BCUT2D eigenvalue weighted by molar-refractivity contribution is 7.22. The van der Waals surface area contributed by atoms with Crippen LogP contribution in [-0.2, 0) is 17.8 Å². The number of methoxy groups -OCH3 is 1. The Morgan fingerprint density at radius 2 is 1.76 bits per heavy atom. The summed E-state index contributed by atoms with van der Waals surface area (Å²) in [5.74, 6) is 0.817. The summed E-state index contributed by atoms with van der Waals surface area (Å²) in [5, 5.41) is 0.703. The van der Waals surface area contributed by atoms with Gasteiger partial charge in [-0.25, -0.2) is 4.98 Å². The normalized spacial score (nSPS) is 10.8. The molecule has 0 atom stereocenters. The number of benzene rings is 3. The van der Waals surface area contributed by atoms with Crippen LogP contribution in [0.25, 0.3) is 10.2 Å². The summed E-state index contributed by atoms with van der Waals surface area (Å²) < 4.78 is 6.32. The van der Waals surface area contributed by atoms with E-state index in [-0.39, 0.29) is 5.91 Å². The molecule has 29 heavy (non-hydrogen) atoms. The second-order valence-electron chi connectivity index (χ2n) is 6.96. The zero-order valence-corrected chi connectivity index (χ0v) is 17.3. The molecule has 146 valence electrons. The number of nitrogens with zero attached hydrogens (tertiary/aromatic N) is 2. The Morgan fingerprint density at radius 3 is 2.48 bits per heavy atom. The summed E-state index contributed by atoms with van der Waals surface area (Å²) in [5.41, 5.74) is 4.12. The Balaban J connectivity index is 1.67. The number of hydrogen-bond acceptors (Lipinski definition) is 4. The zero-order chi connectivity index (χ0) is 20.2. The van der Waals surface area contributed by atoms with Gasteiger partial charge in [0.25, 0.3) is 0 Å². The van der Waals surface area contributed by atoms with Crippen LogP contribution in [0.15, 0.2) is 72.8 Å². The van der Waals surface area contributed by atoms with E-state index in [9.17, 15) is 4.79 Å². The van der Waals surface area contributed by atoms with Gasteiger partial charge in [0, 0.05) is 0 Å². The van der Waals surface area contributed by atoms with Crippen LogP contribution < -0.4 is 9.64 Å². The molecule has 0 bridgehead atoms. The third-order valence-electron chi connectivity index (χ3n) is 4.78. The van der Waals surface area contributed by atoms with Crippen molar-refractivity contribution in [1.82, 2.24) is 4.98 Å². The van der Waals surface area contributed by atoms with E-state index in [2.05, 4.69) is 0 Å². The first-order valence-electron chi connectivity index (χ1n) is 9.47. The van der Waals surface area contributed by atoms with Crippen molar-refractivity contribution in [1.29, 1.82) is 0 Å². The fourth-order valence-corrected chi connectivity index (χ4v) is 4.15. The molecule has 3 aromatic carbocycles. The molecule has 4 rings (SSSR count). The average Bonchev–Trinajstić information content (AvgIpc) is 3.17. The van der Waals surface area contributed by atoms with Gasteiger partial charge in [-0.05, 0) is 36.2 Å². The van der Waals surface area contributed by atoms with Gasteiger partial charge in [0.2, 0.25) is 5.91 Å². The van der Waals surface area contributed by atoms with Crippen LogP contribution in [0.2, 0.25) is 0 Å². The summed E-state index contributed by atoms with van der Waals surface area (Å²) in [6, 6.07) is 23.9. The van der Waals surface area contributed by atoms with Gasteiger partial charge in [-0.15, -0.1) is 0 Å². The maximum Gasteiger partial charge on any atom is 0.233 e. The number of ether oxygens (including phenoxy) is 1. The average molecular weight is 403 g/mol. The molecule has 0 aliphatic rings. The number of amides is 1. The number of aryl methyl sites for hydroxylation is 1. The molecule has 0 unspecified atom stereocenters. The van der Waals surface area contributed by atoms with Gasteiger partial charge in [-0.1, -0.05) is 71.5 Å². The zero-order valence-electron chi connectivity index (χ0n) is 16.5. The van der Waals surface area contributed by atoms with Crippen molar-refractivity contribution >= 4 is 32.6 Å². The molecule has 0 aliphatic heterocycles. The Labute approximate surface area is 174 Å². The number of fused-ring (bicyclic) bond motifs is 1. The molecule has 4 nitrogen and oxygen atoms in total. The molecule has 0 N–H and O–H groups in total. The van der Waals surface area contributed by atoms with E-state index in [0.717, 1.165) is 27.1 Å². The smallest absolute Gasteiger partial charge is 0.233 e. The SMILES string of the molecule is COc1ccc2nc(N(Cc3ccccc3)C(=O)Cc3ccc(C)cc3)sc2c1. The predicted molar refractivity (Wildman–Crippen MR) is 119 cm³/mol. The molecule has 1 amide bonds. The Bertz CT molecular complexity index is 1120. The lowest BCUT2D eigenvalue weighted by Crippen LogP contribution is -2.31. The highest BCUT2D eigenvalue weighted by atomic mass is 32.1. The summed E-state index contributed by atoms with van der Waals surface area (Å²) in [6.45, 7) is 2.53. The minimum Gasteiger partial charge on any atom is -0.497 e. The molecule has 4 aromatic rings. The van der Waals surface area contributed by atoms with E-state index in [1.54, 1.807) is 12.0 Å². The maximum atomic E-state index is 13.3. The first kappa shape index (κ1) is 19.2. The van der Waals surface area contributed by atoms with E-state index < -0.39 is 0 Å². The number of hydrogen-bond donors (Lipinski definition) is 0. The lowest BCUT2D eigenvalue weighted by atomic mass is 10.1. The largest absolute Gasteiger partial charge is 0.497 e. The fraction of sp³-hybridized carbons (Fsp3) is 0.167. The predicted octanol–water partition coefficient (Wildman–Crippen LogP) is 5.39. The van der Waals surface area contributed by atoms with Gasteiger partial charge in [0.15, 0.2) is 5.13 Å². The van der Waals surface area contributed by atoms with Crippen LogP contribution in [0.3, 0.4) is 0 Å². The first-order valence-corrected chi connectivity index (χ1v) is 10.3. The number of anilines is 1. The van der Waals surface area contributed by atoms with Crippen molar-refractivity contribution in [3.63, 3.8) is 0 Å². The topological polar surface area (TPSA) is 42.4 Å². The van der Waals surface area contributed by atoms with Crippen molar-refractivity contribution in [3.05, 3.63) is 89.5 Å².